The zero-order valence-electron chi connectivity index (χ0n) is 35.7. The Morgan fingerprint density at radius 3 is 2.26 bits per heavy atom. The lowest BCUT2D eigenvalue weighted by Gasteiger charge is -2.39. The third-order valence-electron chi connectivity index (χ3n) is 13.3. The van der Waals surface area contributed by atoms with Gasteiger partial charge < -0.3 is 4.42 Å². The first-order chi connectivity index (χ1) is 30.4. The monoisotopic (exact) mass is 805 g/mol. The fourth-order valence-electron chi connectivity index (χ4n) is 10.1. The second-order valence-corrected chi connectivity index (χ2v) is 17.3. The predicted octanol–water partition coefficient (Wildman–Crippen LogP) is 12.4. The maximum atomic E-state index is 6.55. The van der Waals surface area contributed by atoms with Crippen molar-refractivity contribution in [3.05, 3.63) is 238 Å². The molecule has 0 amide bonds. The van der Waals surface area contributed by atoms with E-state index in [1.165, 1.54) is 33.4 Å². The summed E-state index contributed by atoms with van der Waals surface area (Å²) < 4.78 is 6.55. The van der Waals surface area contributed by atoms with Gasteiger partial charge in [-0.3, -0.25) is 0 Å². The predicted molar refractivity (Wildman–Crippen MR) is 255 cm³/mol. The van der Waals surface area contributed by atoms with Crippen molar-refractivity contribution in [2.75, 3.05) is 0 Å². The highest BCUT2D eigenvalue weighted by Crippen LogP contribution is 2.61. The molecular formula is C58H51N3O. The maximum absolute atomic E-state index is 6.55. The molecule has 4 aliphatic rings. The van der Waals surface area contributed by atoms with Gasteiger partial charge in [-0.2, -0.15) is 0 Å². The van der Waals surface area contributed by atoms with Crippen LogP contribution in [0, 0.1) is 18.3 Å². The summed E-state index contributed by atoms with van der Waals surface area (Å²) >= 11 is 0. The van der Waals surface area contributed by atoms with Crippen molar-refractivity contribution in [2.45, 2.75) is 57.8 Å². The Morgan fingerprint density at radius 1 is 0.790 bits per heavy atom. The van der Waals surface area contributed by atoms with Crippen LogP contribution >= 0.6 is 0 Å². The molecule has 0 saturated heterocycles. The fourth-order valence-corrected chi connectivity index (χ4v) is 10.1. The number of aromatic nitrogens is 3. The lowest BCUT2D eigenvalue weighted by Crippen LogP contribution is -2.26. The Labute approximate surface area is 365 Å². The first kappa shape index (κ1) is 39.2. The highest BCUT2D eigenvalue weighted by molar-refractivity contribution is 5.84. The first-order valence-electron chi connectivity index (χ1n) is 22.0. The maximum Gasteiger partial charge on any atom is 0.164 e. The molecule has 0 saturated carbocycles. The summed E-state index contributed by atoms with van der Waals surface area (Å²) in [4.78, 5) is 15.4. The lowest BCUT2D eigenvalue weighted by molar-refractivity contribution is 0.349. The number of nitrogens with zero attached hydrogens (tertiary/aromatic N) is 3. The topological polar surface area (TPSA) is 51.8 Å². The Morgan fingerprint density at radius 2 is 1.52 bits per heavy atom. The van der Waals surface area contributed by atoms with Gasteiger partial charge in [0.05, 0.1) is 0 Å². The molecular weight excluding hydrogens is 755 g/mol. The second-order valence-electron chi connectivity index (χ2n) is 17.3. The summed E-state index contributed by atoms with van der Waals surface area (Å²) in [5, 5.41) is 1.05. The molecule has 0 aliphatic heterocycles. The van der Waals surface area contributed by atoms with Crippen LogP contribution in [-0.4, -0.2) is 15.0 Å². The van der Waals surface area contributed by atoms with Crippen LogP contribution in [0.25, 0.3) is 40.3 Å². The van der Waals surface area contributed by atoms with Crippen LogP contribution in [0.3, 0.4) is 0 Å². The minimum absolute atomic E-state index is 0.0466. The Kier molecular flexibility index (Phi) is 10.5. The van der Waals surface area contributed by atoms with Crippen LogP contribution in [0.2, 0.25) is 0 Å². The smallest absolute Gasteiger partial charge is 0.164 e. The molecule has 10 rings (SSSR count). The third kappa shape index (κ3) is 7.34. The zero-order chi connectivity index (χ0) is 42.2. The van der Waals surface area contributed by atoms with Gasteiger partial charge >= 0.3 is 0 Å². The lowest BCUT2D eigenvalue weighted by atomic mass is 9.64. The van der Waals surface area contributed by atoms with Gasteiger partial charge in [-0.1, -0.05) is 190 Å². The van der Waals surface area contributed by atoms with E-state index in [1.54, 1.807) is 0 Å². The summed E-state index contributed by atoms with van der Waals surface area (Å²) in [5.41, 5.74) is 12.5. The molecule has 4 heteroatoms. The zero-order valence-corrected chi connectivity index (χ0v) is 35.7. The van der Waals surface area contributed by atoms with E-state index in [1.807, 2.05) is 19.9 Å². The number of hydrogen-bond donors (Lipinski definition) is 0. The van der Waals surface area contributed by atoms with E-state index < -0.39 is 0 Å². The van der Waals surface area contributed by atoms with Gasteiger partial charge in [-0.05, 0) is 72.6 Å². The number of fused-ring (bicyclic) bond motifs is 4. The van der Waals surface area contributed by atoms with Crippen molar-refractivity contribution in [2.24, 2.45) is 11.3 Å². The summed E-state index contributed by atoms with van der Waals surface area (Å²) in [6, 6.07) is 39.1. The molecule has 2 aromatic heterocycles. The van der Waals surface area contributed by atoms with E-state index in [0.717, 1.165) is 57.9 Å². The van der Waals surface area contributed by atoms with Crippen molar-refractivity contribution < 1.29 is 4.42 Å². The van der Waals surface area contributed by atoms with Crippen LogP contribution in [0.4, 0.5) is 0 Å². The van der Waals surface area contributed by atoms with Crippen molar-refractivity contribution >= 4 is 28.9 Å². The molecule has 5 unspecified atom stereocenters. The second kappa shape index (κ2) is 16.5. The molecule has 4 aliphatic carbocycles. The van der Waals surface area contributed by atoms with Crippen molar-refractivity contribution in [1.82, 2.24) is 15.0 Å². The number of benzene rings is 4. The van der Waals surface area contributed by atoms with Crippen LogP contribution in [0.1, 0.15) is 95.2 Å². The summed E-state index contributed by atoms with van der Waals surface area (Å²) in [7, 11) is 0. The number of allylic oxidation sites excluding steroid dienone is 12. The standard InChI is InChI=1S/C58H51N3O/c1-5-6-7-10-17-40-24-26-45(27-25-40)56-59-55(60-57(61-56)46-30-28-44(29-31-46)42-18-11-8-12-19-42)38(2)54-39(3)62-53-36-41(34-50(53)54)35-52-49-23-16-15-22-48(49)51-33-32-47(37-58(51,52)4)43-20-13-9-14-21-43/h5-16,18-28,30-36,41,44,47,51H,2,17,29,37H2,1,3-4H3/b6-5-,10-7-,52-35+. The minimum Gasteiger partial charge on any atom is -0.461 e. The van der Waals surface area contributed by atoms with Crippen molar-refractivity contribution in [3.8, 4) is 11.4 Å². The SMILES string of the molecule is C=C(c1nc(C2=CCC(c3ccccc3)C=C2)nc(-c2ccc(C/C=C\C=C/C)cc2)n1)c1c(C)oc2c1=CC(/C=C1\c3ccccc3C3C=CC(c4ccccc4)CC13C)C=2. The molecule has 2 heterocycles. The van der Waals surface area contributed by atoms with Gasteiger partial charge in [-0.25, -0.2) is 15.0 Å². The highest BCUT2D eigenvalue weighted by atomic mass is 16.3. The van der Waals surface area contributed by atoms with Gasteiger partial charge in [-0.15, -0.1) is 0 Å². The van der Waals surface area contributed by atoms with E-state index in [4.69, 9.17) is 19.4 Å². The van der Waals surface area contributed by atoms with Crippen LogP contribution in [0.15, 0.2) is 181 Å². The molecule has 5 atom stereocenters. The van der Waals surface area contributed by atoms with E-state index >= 15 is 0 Å². The molecule has 4 nitrogen and oxygen atoms in total. The number of hydrogen-bond acceptors (Lipinski definition) is 4. The van der Waals surface area contributed by atoms with Crippen molar-refractivity contribution in [1.29, 1.82) is 0 Å². The van der Waals surface area contributed by atoms with E-state index in [0.29, 0.717) is 35.2 Å². The van der Waals surface area contributed by atoms with Crippen molar-refractivity contribution in [3.63, 3.8) is 0 Å². The van der Waals surface area contributed by atoms with Crippen LogP contribution in [-0.2, 0) is 6.42 Å². The van der Waals surface area contributed by atoms with Crippen LogP contribution < -0.4 is 10.6 Å². The van der Waals surface area contributed by atoms with Gasteiger partial charge in [0, 0.05) is 56.6 Å². The van der Waals surface area contributed by atoms with E-state index in [-0.39, 0.29) is 11.3 Å². The van der Waals surface area contributed by atoms with E-state index in [9.17, 15) is 0 Å². The van der Waals surface area contributed by atoms with E-state index in [2.05, 4.69) is 190 Å². The Hall–Kier alpha value is -6.91. The molecule has 0 fully saturated rings. The quantitative estimate of drug-likeness (QED) is 0.102. The third-order valence-corrected chi connectivity index (χ3v) is 13.3. The minimum atomic E-state index is -0.0466. The first-order valence-corrected chi connectivity index (χ1v) is 22.0. The van der Waals surface area contributed by atoms with Crippen LogP contribution in [0.5, 0.6) is 0 Å². The van der Waals surface area contributed by atoms with Gasteiger partial charge in [0.2, 0.25) is 0 Å². The molecule has 6 aromatic rings. The average molecular weight is 806 g/mol. The highest BCUT2D eigenvalue weighted by Gasteiger charge is 2.48. The largest absolute Gasteiger partial charge is 0.461 e. The Balaban J connectivity index is 1.00. The fraction of sp³-hybridized carbons (Fsp3) is 0.190. The molecule has 0 radical (unpaired) electrons. The normalized spacial score (nSPS) is 23.0. The molecule has 4 aromatic carbocycles. The number of furan rings is 1. The number of aryl methyl sites for hydroxylation is 1. The van der Waals surface area contributed by atoms with Gasteiger partial charge in [0.15, 0.2) is 17.5 Å². The Bertz CT molecular complexity index is 3000. The van der Waals surface area contributed by atoms with Gasteiger partial charge in [0.25, 0.3) is 0 Å². The molecule has 0 N–H and O–H groups in total. The summed E-state index contributed by atoms with van der Waals surface area (Å²) in [6.45, 7) is 11.2. The molecule has 0 bridgehead atoms. The molecule has 62 heavy (non-hydrogen) atoms. The number of rotatable bonds is 10. The molecule has 0 spiro atoms. The summed E-state index contributed by atoms with van der Waals surface area (Å²) in [5.74, 6) is 3.68. The molecule has 304 valence electrons. The van der Waals surface area contributed by atoms with Gasteiger partial charge in [0.1, 0.15) is 11.2 Å². The average Bonchev–Trinajstić information content (AvgIpc) is 3.93. The summed E-state index contributed by atoms with van der Waals surface area (Å²) in [6.07, 6.45) is 29.8.